The highest BCUT2D eigenvalue weighted by Crippen LogP contribution is 2.17. The van der Waals surface area contributed by atoms with Gasteiger partial charge in [-0.25, -0.2) is 4.79 Å². The summed E-state index contributed by atoms with van der Waals surface area (Å²) < 4.78 is 58.8. The van der Waals surface area contributed by atoms with Gasteiger partial charge in [-0.1, -0.05) is 11.8 Å². The third-order valence-electron chi connectivity index (χ3n) is 1.51. The molecule has 0 aromatic heterocycles. The third-order valence-corrected chi connectivity index (χ3v) is 2.23. The number of carbonyl (C=O) groups is 2. The van der Waals surface area contributed by atoms with Gasteiger partial charge < -0.3 is 10.4 Å². The SMILES string of the molecule is O=C(O)[C@H](CCSC(F)F)NC(=O)C(F)(F)F. The Hall–Kier alpha value is -1.06. The predicted molar refractivity (Wildman–Crippen MR) is 48.7 cm³/mol. The van der Waals surface area contributed by atoms with Crippen molar-refractivity contribution in [3.05, 3.63) is 0 Å². The molecule has 0 fully saturated rings. The van der Waals surface area contributed by atoms with Crippen LogP contribution in [-0.4, -0.2) is 40.7 Å². The van der Waals surface area contributed by atoms with E-state index in [9.17, 15) is 31.5 Å². The summed E-state index contributed by atoms with van der Waals surface area (Å²) in [6.07, 6.45) is -5.73. The molecule has 0 unspecified atom stereocenters. The van der Waals surface area contributed by atoms with Gasteiger partial charge in [-0.2, -0.15) is 22.0 Å². The second kappa shape index (κ2) is 6.62. The number of halogens is 5. The Bertz CT molecular complexity index is 283. The highest BCUT2D eigenvalue weighted by Gasteiger charge is 2.40. The molecule has 10 heteroatoms. The van der Waals surface area contributed by atoms with E-state index in [1.54, 1.807) is 0 Å². The predicted octanol–water partition coefficient (Wildman–Crippen LogP) is 1.46. The van der Waals surface area contributed by atoms with E-state index in [1.807, 2.05) is 0 Å². The smallest absolute Gasteiger partial charge is 0.471 e. The molecule has 0 bridgehead atoms. The molecule has 0 aromatic carbocycles. The quantitative estimate of drug-likeness (QED) is 0.723. The van der Waals surface area contributed by atoms with E-state index in [1.165, 1.54) is 5.32 Å². The summed E-state index contributed by atoms with van der Waals surface area (Å²) in [6, 6.07) is -1.84. The fraction of sp³-hybridized carbons (Fsp3) is 0.714. The van der Waals surface area contributed by atoms with Gasteiger partial charge in [0, 0.05) is 5.75 Å². The molecule has 0 rings (SSSR count). The fourth-order valence-corrected chi connectivity index (χ4v) is 1.32. The van der Waals surface area contributed by atoms with Gasteiger partial charge >= 0.3 is 18.1 Å². The van der Waals surface area contributed by atoms with Crippen molar-refractivity contribution in [3.63, 3.8) is 0 Å². The molecule has 1 atom stereocenters. The first-order chi connectivity index (χ1) is 7.64. The monoisotopic (exact) mass is 281 g/mol. The third kappa shape index (κ3) is 6.97. The van der Waals surface area contributed by atoms with E-state index in [0.717, 1.165) is 0 Å². The van der Waals surface area contributed by atoms with Crippen LogP contribution in [0.25, 0.3) is 0 Å². The molecule has 0 heterocycles. The van der Waals surface area contributed by atoms with Gasteiger partial charge in [0.2, 0.25) is 0 Å². The summed E-state index contributed by atoms with van der Waals surface area (Å²) in [5, 5.41) is 9.68. The first-order valence-electron chi connectivity index (χ1n) is 4.15. The van der Waals surface area contributed by atoms with E-state index in [-0.39, 0.29) is 17.5 Å². The van der Waals surface area contributed by atoms with E-state index >= 15 is 0 Å². The fourth-order valence-electron chi connectivity index (χ4n) is 0.772. The first kappa shape index (κ1) is 15.9. The molecule has 0 aliphatic heterocycles. The highest BCUT2D eigenvalue weighted by atomic mass is 32.2. The van der Waals surface area contributed by atoms with Crippen molar-refractivity contribution in [3.8, 4) is 0 Å². The molecule has 4 nitrogen and oxygen atoms in total. The van der Waals surface area contributed by atoms with Crippen LogP contribution in [0, 0.1) is 0 Å². The minimum atomic E-state index is -5.20. The normalized spacial score (nSPS) is 13.5. The van der Waals surface area contributed by atoms with Gasteiger partial charge in [-0.05, 0) is 6.42 Å². The van der Waals surface area contributed by atoms with Crippen molar-refractivity contribution < 1.29 is 36.6 Å². The maximum Gasteiger partial charge on any atom is 0.471 e. The minimum absolute atomic E-state index is 0.0824. The Kier molecular flexibility index (Phi) is 6.21. The number of hydrogen-bond acceptors (Lipinski definition) is 3. The average molecular weight is 281 g/mol. The van der Waals surface area contributed by atoms with Crippen LogP contribution in [0.1, 0.15) is 6.42 Å². The number of rotatable bonds is 6. The van der Waals surface area contributed by atoms with Crippen molar-refractivity contribution in [2.24, 2.45) is 0 Å². The molecule has 0 radical (unpaired) electrons. The van der Waals surface area contributed by atoms with E-state index < -0.39 is 36.3 Å². The average Bonchev–Trinajstić information content (AvgIpc) is 2.13. The maximum atomic E-state index is 11.8. The number of carbonyl (C=O) groups excluding carboxylic acids is 1. The lowest BCUT2D eigenvalue weighted by Gasteiger charge is -2.15. The lowest BCUT2D eigenvalue weighted by molar-refractivity contribution is -0.175. The molecule has 100 valence electrons. The zero-order chi connectivity index (χ0) is 13.6. The number of carboxylic acid groups (broad SMARTS) is 1. The molecule has 17 heavy (non-hydrogen) atoms. The van der Waals surface area contributed by atoms with Crippen LogP contribution in [-0.2, 0) is 9.59 Å². The van der Waals surface area contributed by atoms with Gasteiger partial charge in [-0.15, -0.1) is 0 Å². The molecule has 1 amide bonds. The molecule has 0 saturated heterocycles. The summed E-state index contributed by atoms with van der Waals surface area (Å²) in [5.41, 5.74) is 0. The topological polar surface area (TPSA) is 66.4 Å². The highest BCUT2D eigenvalue weighted by molar-refractivity contribution is 7.99. The molecule has 0 aliphatic carbocycles. The standard InChI is InChI=1S/C7H8F5NO3S/c8-6(9)17-2-1-3(4(14)15)13-5(16)7(10,11)12/h3,6H,1-2H2,(H,13,16)(H,14,15)/t3-/m0/s1. The number of carboxylic acids is 1. The number of hydrogen-bond donors (Lipinski definition) is 2. The zero-order valence-corrected chi connectivity index (χ0v) is 8.95. The molecular weight excluding hydrogens is 273 g/mol. The van der Waals surface area contributed by atoms with E-state index in [2.05, 4.69) is 0 Å². The van der Waals surface area contributed by atoms with Crippen molar-refractivity contribution in [1.29, 1.82) is 0 Å². The van der Waals surface area contributed by atoms with E-state index in [4.69, 9.17) is 5.11 Å². The van der Waals surface area contributed by atoms with Gasteiger partial charge in [-0.3, -0.25) is 4.79 Å². The van der Waals surface area contributed by atoms with Crippen molar-refractivity contribution >= 4 is 23.6 Å². The van der Waals surface area contributed by atoms with Crippen molar-refractivity contribution in [1.82, 2.24) is 5.32 Å². The van der Waals surface area contributed by atoms with Crippen LogP contribution in [0.2, 0.25) is 0 Å². The Labute approximate surface area is 96.5 Å². The Balaban J connectivity index is 4.26. The molecular formula is C7H8F5NO3S. The summed E-state index contributed by atoms with van der Waals surface area (Å²) in [5.74, 6) is -7.25. The summed E-state index contributed by atoms with van der Waals surface area (Å²) >= 11 is 0.0824. The van der Waals surface area contributed by atoms with Gasteiger partial charge in [0.05, 0.1) is 0 Å². The molecule has 0 aromatic rings. The van der Waals surface area contributed by atoms with Crippen LogP contribution in [0.3, 0.4) is 0 Å². The van der Waals surface area contributed by atoms with Gasteiger partial charge in [0.1, 0.15) is 6.04 Å². The largest absolute Gasteiger partial charge is 0.480 e. The number of thioether (sulfide) groups is 1. The minimum Gasteiger partial charge on any atom is -0.480 e. The zero-order valence-electron chi connectivity index (χ0n) is 8.13. The van der Waals surface area contributed by atoms with Gasteiger partial charge in [0.15, 0.2) is 0 Å². The molecule has 0 spiro atoms. The van der Waals surface area contributed by atoms with Gasteiger partial charge in [0.25, 0.3) is 5.76 Å². The summed E-state index contributed by atoms with van der Waals surface area (Å²) in [7, 11) is 0. The lowest BCUT2D eigenvalue weighted by atomic mass is 10.2. The van der Waals surface area contributed by atoms with Crippen LogP contribution < -0.4 is 5.32 Å². The Morgan fingerprint density at radius 3 is 2.18 bits per heavy atom. The van der Waals surface area contributed by atoms with Crippen LogP contribution in [0.15, 0.2) is 0 Å². The molecule has 0 saturated carbocycles. The number of nitrogens with one attached hydrogen (secondary N) is 1. The lowest BCUT2D eigenvalue weighted by Crippen LogP contribution is -2.47. The van der Waals surface area contributed by atoms with Crippen molar-refractivity contribution in [2.75, 3.05) is 5.75 Å². The van der Waals surface area contributed by atoms with E-state index in [0.29, 0.717) is 0 Å². The van der Waals surface area contributed by atoms with Crippen molar-refractivity contribution in [2.45, 2.75) is 24.4 Å². The van der Waals surface area contributed by atoms with Crippen LogP contribution >= 0.6 is 11.8 Å². The maximum absolute atomic E-state index is 11.8. The Morgan fingerprint density at radius 2 is 1.82 bits per heavy atom. The second-order valence-corrected chi connectivity index (χ2v) is 3.88. The second-order valence-electron chi connectivity index (χ2n) is 2.78. The number of alkyl halides is 5. The number of aliphatic carboxylic acids is 1. The first-order valence-corrected chi connectivity index (χ1v) is 5.19. The van der Waals surface area contributed by atoms with Crippen LogP contribution in [0.4, 0.5) is 22.0 Å². The van der Waals surface area contributed by atoms with Crippen LogP contribution in [0.5, 0.6) is 0 Å². The molecule has 2 N–H and O–H groups in total. The summed E-state index contributed by atoms with van der Waals surface area (Å²) in [4.78, 5) is 20.9. The summed E-state index contributed by atoms with van der Waals surface area (Å²) in [6.45, 7) is 0. The number of amides is 1. The molecule has 0 aliphatic rings. The Morgan fingerprint density at radius 1 is 1.29 bits per heavy atom.